The molecule has 0 spiro atoms. The molecule has 0 bridgehead atoms. The molecule has 2 heteroatoms. The Bertz CT molecular complexity index is 901. The molecule has 1 heterocycles. The van der Waals surface area contributed by atoms with Gasteiger partial charge in [0.25, 0.3) is 0 Å². The Hall–Kier alpha value is -2.19. The van der Waals surface area contributed by atoms with Gasteiger partial charge in [-0.05, 0) is 36.0 Å². The molecule has 0 radical (unpaired) electrons. The van der Waals surface area contributed by atoms with E-state index in [0.29, 0.717) is 5.92 Å². The van der Waals surface area contributed by atoms with Crippen molar-refractivity contribution in [1.29, 1.82) is 0 Å². The maximum absolute atomic E-state index is 4.84. The molecule has 2 aromatic carbocycles. The zero-order valence-electron chi connectivity index (χ0n) is 16.7. The minimum absolute atomic E-state index is 0.669. The Balaban J connectivity index is 1.77. The molecule has 0 saturated heterocycles. The normalized spacial score (nSPS) is 15.2. The molecule has 27 heavy (non-hydrogen) atoms. The fourth-order valence-electron chi connectivity index (χ4n) is 4.20. The topological polar surface area (TPSA) is 12.9 Å². The fourth-order valence-corrected chi connectivity index (χ4v) is 5.37. The van der Waals surface area contributed by atoms with Crippen LogP contribution in [0, 0.1) is 0 Å². The van der Waals surface area contributed by atoms with Gasteiger partial charge in [0.2, 0.25) is 0 Å². The van der Waals surface area contributed by atoms with Gasteiger partial charge in [0.1, 0.15) is 0 Å². The summed E-state index contributed by atoms with van der Waals surface area (Å²) >= 11 is 0. The van der Waals surface area contributed by atoms with E-state index >= 15 is 0 Å². The highest BCUT2D eigenvalue weighted by Crippen LogP contribution is 2.40. The summed E-state index contributed by atoms with van der Waals surface area (Å²) in [5, 5.41) is 1.52. The van der Waals surface area contributed by atoms with E-state index in [1.165, 1.54) is 53.1 Å². The highest BCUT2D eigenvalue weighted by Gasteiger charge is 2.22. The highest BCUT2D eigenvalue weighted by molar-refractivity contribution is 6.88. The van der Waals surface area contributed by atoms with Crippen LogP contribution in [-0.2, 0) is 0 Å². The van der Waals surface area contributed by atoms with Gasteiger partial charge < -0.3 is 0 Å². The van der Waals surface area contributed by atoms with Crippen LogP contribution in [0.3, 0.4) is 0 Å². The van der Waals surface area contributed by atoms with E-state index in [1.807, 2.05) is 0 Å². The Labute approximate surface area is 164 Å². The zero-order valence-corrected chi connectivity index (χ0v) is 17.7. The van der Waals surface area contributed by atoms with Gasteiger partial charge >= 0.3 is 0 Å². The van der Waals surface area contributed by atoms with Crippen LogP contribution in [0.5, 0.6) is 0 Å². The van der Waals surface area contributed by atoms with Gasteiger partial charge in [0.05, 0.1) is 13.8 Å². The van der Waals surface area contributed by atoms with Crippen molar-refractivity contribution in [3.05, 3.63) is 72.4 Å². The smallest absolute Gasteiger partial charge is 0.0775 e. The van der Waals surface area contributed by atoms with Crippen LogP contribution in [-0.4, -0.2) is 13.1 Å². The first-order chi connectivity index (χ1) is 13.0. The number of benzene rings is 2. The summed E-state index contributed by atoms with van der Waals surface area (Å²) in [6.07, 6.45) is 7.42. The van der Waals surface area contributed by atoms with E-state index in [4.69, 9.17) is 4.98 Å². The number of aromatic nitrogens is 1. The lowest BCUT2D eigenvalue weighted by molar-refractivity contribution is 0.724. The predicted molar refractivity (Wildman–Crippen MR) is 119 cm³/mol. The number of hydrogen-bond acceptors (Lipinski definition) is 1. The van der Waals surface area contributed by atoms with E-state index < -0.39 is 8.07 Å². The van der Waals surface area contributed by atoms with Crippen LogP contribution in [0.15, 0.2) is 66.9 Å². The van der Waals surface area contributed by atoms with E-state index in [1.54, 1.807) is 0 Å². The van der Waals surface area contributed by atoms with E-state index in [2.05, 4.69) is 86.5 Å². The Morgan fingerprint density at radius 3 is 2.11 bits per heavy atom. The molecule has 1 fully saturated rings. The Morgan fingerprint density at radius 2 is 1.48 bits per heavy atom. The largest absolute Gasteiger partial charge is 0.256 e. The zero-order chi connectivity index (χ0) is 18.9. The summed E-state index contributed by atoms with van der Waals surface area (Å²) in [4.78, 5) is 4.84. The summed E-state index contributed by atoms with van der Waals surface area (Å²) in [5.74, 6) is 0.669. The van der Waals surface area contributed by atoms with Crippen LogP contribution in [0.1, 0.15) is 37.2 Å². The second kappa shape index (κ2) is 7.44. The van der Waals surface area contributed by atoms with Crippen molar-refractivity contribution in [3.63, 3.8) is 0 Å². The third-order valence-electron chi connectivity index (χ3n) is 5.86. The second-order valence-electron chi connectivity index (χ2n) is 8.83. The molecule has 1 saturated carbocycles. The third-order valence-corrected chi connectivity index (χ3v) is 7.93. The first kappa shape index (κ1) is 18.2. The lowest BCUT2D eigenvalue weighted by Crippen LogP contribution is -2.37. The SMILES string of the molecule is C[Si](C)(C)c1ccc(-c2cnc(-c3ccccc3)cc2C2CCCC2)cc1. The molecular formula is C25H29NSi. The fraction of sp³-hybridized carbons (Fsp3) is 0.320. The van der Waals surface area contributed by atoms with Crippen LogP contribution in [0.2, 0.25) is 19.6 Å². The predicted octanol–water partition coefficient (Wildman–Crippen LogP) is 6.62. The average Bonchev–Trinajstić information content (AvgIpc) is 3.22. The average molecular weight is 372 g/mol. The number of rotatable bonds is 4. The lowest BCUT2D eigenvalue weighted by atomic mass is 9.89. The maximum Gasteiger partial charge on any atom is 0.0775 e. The van der Waals surface area contributed by atoms with Gasteiger partial charge in [0, 0.05) is 17.3 Å². The van der Waals surface area contributed by atoms with Crippen molar-refractivity contribution in [3.8, 4) is 22.4 Å². The van der Waals surface area contributed by atoms with Gasteiger partial charge in [0.15, 0.2) is 0 Å². The Kier molecular flexibility index (Phi) is 5.01. The molecule has 0 amide bonds. The van der Waals surface area contributed by atoms with Gasteiger partial charge in [-0.3, -0.25) is 4.98 Å². The van der Waals surface area contributed by atoms with Crippen molar-refractivity contribution in [2.75, 3.05) is 0 Å². The van der Waals surface area contributed by atoms with Gasteiger partial charge in [-0.15, -0.1) is 0 Å². The molecule has 0 atom stereocenters. The number of pyridine rings is 1. The molecular weight excluding hydrogens is 342 g/mol. The van der Waals surface area contributed by atoms with Crippen LogP contribution in [0.4, 0.5) is 0 Å². The summed E-state index contributed by atoms with van der Waals surface area (Å²) < 4.78 is 0. The molecule has 138 valence electrons. The van der Waals surface area contributed by atoms with Crippen molar-refractivity contribution in [2.24, 2.45) is 0 Å². The summed E-state index contributed by atoms with van der Waals surface area (Å²) in [6.45, 7) is 7.21. The van der Waals surface area contributed by atoms with Crippen molar-refractivity contribution >= 4 is 13.3 Å². The van der Waals surface area contributed by atoms with E-state index in [9.17, 15) is 0 Å². The molecule has 1 aliphatic carbocycles. The molecule has 0 unspecified atom stereocenters. The van der Waals surface area contributed by atoms with Crippen LogP contribution >= 0.6 is 0 Å². The van der Waals surface area contributed by atoms with Crippen molar-refractivity contribution < 1.29 is 0 Å². The highest BCUT2D eigenvalue weighted by atomic mass is 28.3. The van der Waals surface area contributed by atoms with Gasteiger partial charge in [-0.2, -0.15) is 0 Å². The molecule has 1 aliphatic rings. The first-order valence-corrected chi connectivity index (χ1v) is 13.7. The molecule has 0 aliphatic heterocycles. The molecule has 0 N–H and O–H groups in total. The molecule has 3 aromatic rings. The Morgan fingerprint density at radius 1 is 0.815 bits per heavy atom. The summed E-state index contributed by atoms with van der Waals surface area (Å²) in [7, 11) is -1.27. The minimum Gasteiger partial charge on any atom is -0.256 e. The minimum atomic E-state index is -1.27. The molecule has 1 aromatic heterocycles. The third kappa shape index (κ3) is 3.91. The standard InChI is InChI=1S/C25H29NSi/c1-27(2,3)22-15-13-20(14-16-22)24-18-26-25(21-11-5-4-6-12-21)17-23(24)19-9-7-8-10-19/h4-6,11-19H,7-10H2,1-3H3. The quantitative estimate of drug-likeness (QED) is 0.470. The van der Waals surface area contributed by atoms with Crippen molar-refractivity contribution in [2.45, 2.75) is 51.2 Å². The molecule has 1 nitrogen and oxygen atoms in total. The van der Waals surface area contributed by atoms with Gasteiger partial charge in [-0.1, -0.05) is 92.3 Å². The van der Waals surface area contributed by atoms with E-state index in [0.717, 1.165) is 5.69 Å². The van der Waals surface area contributed by atoms with Crippen LogP contribution < -0.4 is 5.19 Å². The summed E-state index contributed by atoms with van der Waals surface area (Å²) in [5.41, 5.74) is 6.43. The van der Waals surface area contributed by atoms with Crippen LogP contribution in [0.25, 0.3) is 22.4 Å². The van der Waals surface area contributed by atoms with Gasteiger partial charge in [-0.25, -0.2) is 0 Å². The lowest BCUT2D eigenvalue weighted by Gasteiger charge is -2.19. The number of nitrogens with zero attached hydrogens (tertiary/aromatic N) is 1. The summed E-state index contributed by atoms with van der Waals surface area (Å²) in [6, 6.07) is 22.2. The second-order valence-corrected chi connectivity index (χ2v) is 13.9. The first-order valence-electron chi connectivity index (χ1n) is 10.2. The monoisotopic (exact) mass is 371 g/mol. The van der Waals surface area contributed by atoms with E-state index in [-0.39, 0.29) is 0 Å². The molecule has 4 rings (SSSR count). The maximum atomic E-state index is 4.84. The van der Waals surface area contributed by atoms with Crippen molar-refractivity contribution in [1.82, 2.24) is 4.98 Å². The number of hydrogen-bond donors (Lipinski definition) is 0.